The van der Waals surface area contributed by atoms with Crippen molar-refractivity contribution >= 4 is 10.9 Å². The van der Waals surface area contributed by atoms with Crippen LogP contribution in [0.2, 0.25) is 0 Å². The Morgan fingerprint density at radius 1 is 1.15 bits per heavy atom. The Bertz CT molecular complexity index is 756. The predicted molar refractivity (Wildman–Crippen MR) is 73.4 cm³/mol. The van der Waals surface area contributed by atoms with Crippen LogP contribution < -0.4 is 21.5 Å². The molecule has 2 heterocycles. The number of nitrogens with zero attached hydrogens (tertiary/aromatic N) is 2. The summed E-state index contributed by atoms with van der Waals surface area (Å²) in [6.07, 6.45) is 6.90. The van der Waals surface area contributed by atoms with Gasteiger partial charge in [0.15, 0.2) is 18.9 Å². The zero-order valence-electron chi connectivity index (χ0n) is 10.9. The predicted octanol–water partition coefficient (Wildman–Crippen LogP) is -0.426. The highest BCUT2D eigenvalue weighted by atomic mass is 79.9. The largest absolute Gasteiger partial charge is 1.00 e. The Hall–Kier alpha value is -2.12. The van der Waals surface area contributed by atoms with Crippen molar-refractivity contribution in [2.75, 3.05) is 0 Å². The molecule has 3 nitrogen and oxygen atoms in total. The molecule has 2 aromatic heterocycles. The minimum absolute atomic E-state index is 0. The molecule has 0 fully saturated rings. The van der Waals surface area contributed by atoms with Crippen LogP contribution in [-0.2, 0) is 13.0 Å². The number of nitriles is 1. The first kappa shape index (κ1) is 14.3. The minimum atomic E-state index is 0. The van der Waals surface area contributed by atoms with Crippen LogP contribution in [0.5, 0.6) is 0 Å². The van der Waals surface area contributed by atoms with E-state index in [0.717, 1.165) is 13.0 Å². The Morgan fingerprint density at radius 3 is 2.85 bits per heavy atom. The molecule has 0 aliphatic rings. The van der Waals surface area contributed by atoms with Crippen molar-refractivity contribution in [1.82, 2.24) is 4.98 Å². The van der Waals surface area contributed by atoms with Crippen LogP contribution in [0.1, 0.15) is 11.1 Å². The van der Waals surface area contributed by atoms with Crippen molar-refractivity contribution in [3.63, 3.8) is 0 Å². The van der Waals surface area contributed by atoms with E-state index < -0.39 is 0 Å². The molecule has 100 valence electrons. The summed E-state index contributed by atoms with van der Waals surface area (Å²) in [5.74, 6) is 0. The lowest BCUT2D eigenvalue weighted by molar-refractivity contribution is -0.696. The van der Waals surface area contributed by atoms with Crippen LogP contribution in [0.15, 0.2) is 55.0 Å². The number of fused-ring (bicyclic) bond motifs is 1. The summed E-state index contributed by atoms with van der Waals surface area (Å²) < 4.78 is 2.06. The van der Waals surface area contributed by atoms with Gasteiger partial charge in [-0.25, -0.2) is 4.57 Å². The molecule has 0 saturated heterocycles. The number of para-hydroxylation sites is 1. The molecule has 3 rings (SSSR count). The van der Waals surface area contributed by atoms with Gasteiger partial charge in [0, 0.05) is 29.6 Å². The number of benzene rings is 1. The molecule has 0 spiro atoms. The molecule has 1 N–H and O–H groups in total. The van der Waals surface area contributed by atoms with Crippen LogP contribution in [0.25, 0.3) is 10.9 Å². The molecular weight excluding hydrogens is 314 g/mol. The first-order chi connectivity index (χ1) is 9.36. The van der Waals surface area contributed by atoms with Crippen LogP contribution in [-0.4, -0.2) is 4.98 Å². The van der Waals surface area contributed by atoms with Crippen LogP contribution >= 0.6 is 0 Å². The Labute approximate surface area is 128 Å². The molecule has 0 atom stereocenters. The molecule has 0 aliphatic carbocycles. The summed E-state index contributed by atoms with van der Waals surface area (Å²) in [7, 11) is 0. The second-order valence-corrected chi connectivity index (χ2v) is 4.55. The third kappa shape index (κ3) is 2.89. The number of hydrogen-bond donors (Lipinski definition) is 1. The standard InChI is InChI=1S/C16H14N3.BrH/c17-10-13-4-3-8-19(12-13)9-7-14-11-18-16-6-2-1-5-15(14)16;/h1-6,8,11-12,18H,7,9H2;1H/q+1;/p-1. The quantitative estimate of drug-likeness (QED) is 0.652. The highest BCUT2D eigenvalue weighted by molar-refractivity contribution is 5.82. The van der Waals surface area contributed by atoms with E-state index in [1.165, 1.54) is 16.5 Å². The first-order valence-corrected chi connectivity index (χ1v) is 6.31. The average molecular weight is 328 g/mol. The number of aromatic nitrogens is 2. The Kier molecular flexibility index (Phi) is 4.54. The number of aromatic amines is 1. The number of aryl methyl sites for hydroxylation is 2. The second-order valence-electron chi connectivity index (χ2n) is 4.55. The van der Waals surface area contributed by atoms with Crippen molar-refractivity contribution in [2.45, 2.75) is 13.0 Å². The smallest absolute Gasteiger partial charge is 0.186 e. The topological polar surface area (TPSA) is 43.5 Å². The molecule has 1 aromatic carbocycles. The van der Waals surface area contributed by atoms with Crippen LogP contribution in [0.3, 0.4) is 0 Å². The van der Waals surface area contributed by atoms with Gasteiger partial charge in [-0.05, 0) is 17.7 Å². The highest BCUT2D eigenvalue weighted by Gasteiger charge is 2.07. The van der Waals surface area contributed by atoms with E-state index in [-0.39, 0.29) is 17.0 Å². The van der Waals surface area contributed by atoms with Gasteiger partial charge in [-0.3, -0.25) is 0 Å². The molecule has 0 amide bonds. The van der Waals surface area contributed by atoms with E-state index in [0.29, 0.717) is 5.56 Å². The fourth-order valence-corrected chi connectivity index (χ4v) is 2.32. The maximum absolute atomic E-state index is 8.89. The molecule has 0 unspecified atom stereocenters. The Morgan fingerprint density at radius 2 is 2.00 bits per heavy atom. The summed E-state index contributed by atoms with van der Waals surface area (Å²) >= 11 is 0. The van der Waals surface area contributed by atoms with E-state index in [9.17, 15) is 0 Å². The molecule has 0 radical (unpaired) electrons. The van der Waals surface area contributed by atoms with Crippen molar-refractivity contribution < 1.29 is 21.5 Å². The summed E-state index contributed by atoms with van der Waals surface area (Å²) in [5, 5.41) is 10.2. The highest BCUT2D eigenvalue weighted by Crippen LogP contribution is 2.17. The van der Waals surface area contributed by atoms with E-state index in [1.54, 1.807) is 0 Å². The number of H-pyrrole nitrogens is 1. The lowest BCUT2D eigenvalue weighted by atomic mass is 10.1. The van der Waals surface area contributed by atoms with Crippen molar-refractivity contribution in [1.29, 1.82) is 5.26 Å². The van der Waals surface area contributed by atoms with Gasteiger partial charge in [0.2, 0.25) is 0 Å². The monoisotopic (exact) mass is 327 g/mol. The van der Waals surface area contributed by atoms with Crippen LogP contribution in [0.4, 0.5) is 0 Å². The molecule has 20 heavy (non-hydrogen) atoms. The van der Waals surface area contributed by atoms with Gasteiger partial charge in [0.1, 0.15) is 11.6 Å². The van der Waals surface area contributed by atoms with E-state index in [4.69, 9.17) is 5.26 Å². The van der Waals surface area contributed by atoms with E-state index >= 15 is 0 Å². The van der Waals surface area contributed by atoms with Gasteiger partial charge in [-0.1, -0.05) is 18.2 Å². The lowest BCUT2D eigenvalue weighted by Gasteiger charge is -1.97. The van der Waals surface area contributed by atoms with E-state index in [1.807, 2.05) is 30.6 Å². The van der Waals surface area contributed by atoms with Gasteiger partial charge in [0.05, 0.1) is 0 Å². The fourth-order valence-electron chi connectivity index (χ4n) is 2.32. The van der Waals surface area contributed by atoms with E-state index in [2.05, 4.69) is 40.0 Å². The third-order valence-electron chi connectivity index (χ3n) is 3.30. The fraction of sp³-hybridized carbons (Fsp3) is 0.125. The summed E-state index contributed by atoms with van der Waals surface area (Å²) in [5.41, 5.74) is 3.18. The zero-order chi connectivity index (χ0) is 13.1. The number of halogens is 1. The van der Waals surface area contributed by atoms with Gasteiger partial charge >= 0.3 is 0 Å². The average Bonchev–Trinajstić information content (AvgIpc) is 2.89. The normalized spacial score (nSPS) is 9.95. The molecule has 3 aromatic rings. The molecule has 0 saturated carbocycles. The third-order valence-corrected chi connectivity index (χ3v) is 3.30. The van der Waals surface area contributed by atoms with Crippen molar-refractivity contribution in [2.24, 2.45) is 0 Å². The first-order valence-electron chi connectivity index (χ1n) is 6.31. The number of pyridine rings is 1. The summed E-state index contributed by atoms with van der Waals surface area (Å²) in [6.45, 7) is 0.872. The lowest BCUT2D eigenvalue weighted by Crippen LogP contribution is -3.00. The van der Waals surface area contributed by atoms with Crippen molar-refractivity contribution in [3.8, 4) is 6.07 Å². The summed E-state index contributed by atoms with van der Waals surface area (Å²) in [6, 6.07) is 14.2. The maximum Gasteiger partial charge on any atom is 0.186 e. The van der Waals surface area contributed by atoms with Gasteiger partial charge in [-0.15, -0.1) is 0 Å². The van der Waals surface area contributed by atoms with Gasteiger partial charge < -0.3 is 22.0 Å². The molecule has 0 aliphatic heterocycles. The molecule has 0 bridgehead atoms. The second kappa shape index (κ2) is 6.36. The Balaban J connectivity index is 0.00000147. The molecular formula is C16H14BrN3. The number of rotatable bonds is 3. The zero-order valence-corrected chi connectivity index (χ0v) is 12.5. The SMILES string of the molecule is N#Cc1ccc[n+](CCc2c[nH]c3ccccc23)c1.[Br-]. The van der Waals surface area contributed by atoms with Crippen molar-refractivity contribution in [3.05, 3.63) is 66.1 Å². The maximum atomic E-state index is 8.89. The minimum Gasteiger partial charge on any atom is -1.00 e. The number of nitrogens with one attached hydrogen (secondary N) is 1. The number of hydrogen-bond acceptors (Lipinski definition) is 1. The van der Waals surface area contributed by atoms with Gasteiger partial charge in [-0.2, -0.15) is 5.26 Å². The van der Waals surface area contributed by atoms with Crippen LogP contribution in [0, 0.1) is 11.3 Å². The van der Waals surface area contributed by atoms with Gasteiger partial charge in [0.25, 0.3) is 0 Å². The summed E-state index contributed by atoms with van der Waals surface area (Å²) in [4.78, 5) is 3.29. The molecule has 4 heteroatoms.